The van der Waals surface area contributed by atoms with Crippen molar-refractivity contribution >= 4 is 56.8 Å². The zero-order chi connectivity index (χ0) is 17.0. The van der Waals surface area contributed by atoms with E-state index in [2.05, 4.69) is 37.4 Å². The van der Waals surface area contributed by atoms with E-state index < -0.39 is 11.8 Å². The predicted octanol–water partition coefficient (Wildman–Crippen LogP) is 2.67. The highest BCUT2D eigenvalue weighted by Gasteiger charge is 2.22. The predicted molar refractivity (Wildman–Crippen MR) is 101 cm³/mol. The third-order valence-electron chi connectivity index (χ3n) is 3.25. The highest BCUT2D eigenvalue weighted by molar-refractivity contribution is 14.2. The van der Waals surface area contributed by atoms with Gasteiger partial charge in [-0.05, 0) is 34.9 Å². The second-order valence-electron chi connectivity index (χ2n) is 5.46. The molecule has 0 aliphatic heterocycles. The Kier molecular flexibility index (Phi) is 6.29. The minimum atomic E-state index is -0.647. The zero-order valence-electron chi connectivity index (χ0n) is 13.2. The lowest BCUT2D eigenvalue weighted by atomic mass is 10.2. The van der Waals surface area contributed by atoms with Crippen molar-refractivity contribution in [1.29, 1.82) is 0 Å². The minimum Gasteiger partial charge on any atom is -0.334 e. The lowest BCUT2D eigenvalue weighted by molar-refractivity contribution is -0.143. The number of aromatic nitrogens is 3. The van der Waals surface area contributed by atoms with Gasteiger partial charge in [-0.15, -0.1) is 0 Å². The summed E-state index contributed by atoms with van der Waals surface area (Å²) in [7, 11) is 0. The van der Waals surface area contributed by atoms with Gasteiger partial charge in [-0.1, -0.05) is 13.8 Å². The summed E-state index contributed by atoms with van der Waals surface area (Å²) in [5.41, 5.74) is 1.28. The Morgan fingerprint density at radius 3 is 2.74 bits per heavy atom. The molecular weight excluding hydrogens is 428 g/mol. The second-order valence-corrected chi connectivity index (χ2v) is 7.50. The maximum atomic E-state index is 12.3. The first-order chi connectivity index (χ1) is 11.0. The molecular formula is C14H19IN5O2P. The molecule has 2 aromatic rings. The van der Waals surface area contributed by atoms with E-state index in [1.807, 2.05) is 20.8 Å². The number of carbonyl (C=O) groups excluding carboxylic acids is 2. The van der Waals surface area contributed by atoms with Gasteiger partial charge in [0.1, 0.15) is 0 Å². The molecule has 0 radical (unpaired) electrons. The van der Waals surface area contributed by atoms with Crippen molar-refractivity contribution in [1.82, 2.24) is 19.4 Å². The van der Waals surface area contributed by atoms with Gasteiger partial charge in [0.05, 0.1) is 30.0 Å². The first-order valence-corrected chi connectivity index (χ1v) is 11.3. The van der Waals surface area contributed by atoms with Gasteiger partial charge >= 0.3 is 11.8 Å². The summed E-state index contributed by atoms with van der Waals surface area (Å²) < 4.78 is 1.78. The van der Waals surface area contributed by atoms with E-state index in [0.29, 0.717) is 31.1 Å². The van der Waals surface area contributed by atoms with Crippen LogP contribution in [0.4, 0.5) is 5.69 Å². The highest BCUT2D eigenvalue weighted by atomic mass is 127. The minimum absolute atomic E-state index is 0.304. The van der Waals surface area contributed by atoms with Crippen molar-refractivity contribution in [2.75, 3.05) is 18.4 Å². The molecule has 1 N–H and O–H groups in total. The summed E-state index contributed by atoms with van der Waals surface area (Å²) in [5.74, 6) is -0.869. The van der Waals surface area contributed by atoms with E-state index in [9.17, 15) is 9.59 Å². The van der Waals surface area contributed by atoms with E-state index in [0.717, 1.165) is 10.9 Å². The Labute approximate surface area is 149 Å². The molecule has 7 nitrogen and oxygen atoms in total. The number of fused-ring (bicyclic) bond motifs is 1. The molecule has 0 aliphatic rings. The smallest absolute Gasteiger partial charge is 0.314 e. The number of hydrogen-bond acceptors (Lipinski definition) is 4. The molecule has 0 bridgehead atoms. The Morgan fingerprint density at radius 1 is 1.39 bits per heavy atom. The van der Waals surface area contributed by atoms with E-state index in [4.69, 9.17) is 0 Å². The van der Waals surface area contributed by atoms with Crippen LogP contribution in [-0.4, -0.2) is 44.3 Å². The van der Waals surface area contributed by atoms with Crippen LogP contribution in [0, 0.1) is 5.92 Å². The van der Waals surface area contributed by atoms with Crippen LogP contribution in [0.15, 0.2) is 18.6 Å². The molecule has 2 rings (SSSR count). The average Bonchev–Trinajstić information content (AvgIpc) is 2.95. The first-order valence-electron chi connectivity index (χ1n) is 7.26. The fourth-order valence-corrected chi connectivity index (χ4v) is 3.78. The van der Waals surface area contributed by atoms with Gasteiger partial charge in [0, 0.05) is 24.7 Å². The molecule has 1 atom stereocenters. The van der Waals surface area contributed by atoms with Gasteiger partial charge in [-0.25, -0.2) is 4.45 Å². The normalized spacial score (nSPS) is 11.5. The molecule has 0 aliphatic carbocycles. The lowest BCUT2D eigenvalue weighted by Gasteiger charge is -2.22. The number of amides is 2. The van der Waals surface area contributed by atoms with Gasteiger partial charge in [0.15, 0.2) is 0 Å². The quantitative estimate of drug-likeness (QED) is 0.435. The Morgan fingerprint density at radius 2 is 2.13 bits per heavy atom. The van der Waals surface area contributed by atoms with Crippen LogP contribution < -0.4 is 5.32 Å². The van der Waals surface area contributed by atoms with Crippen molar-refractivity contribution < 1.29 is 9.59 Å². The average molecular weight is 447 g/mol. The lowest BCUT2D eigenvalue weighted by Crippen LogP contribution is -2.41. The summed E-state index contributed by atoms with van der Waals surface area (Å²) in [6.45, 7) is 6.94. The van der Waals surface area contributed by atoms with E-state index in [1.54, 1.807) is 27.9 Å². The molecule has 2 aromatic heterocycles. The maximum Gasteiger partial charge on any atom is 0.314 e. The standard InChI is InChI=1S/C14H19IN5O2P/c1-4-19(8-9(2)3)14(22)13(21)18-11-7-16-5-10-6-17-20(23-15)12(10)11/h5-7,9,23H,4,8H2,1-3H3,(H,18,21). The molecule has 1 unspecified atom stereocenters. The van der Waals surface area contributed by atoms with Crippen molar-refractivity contribution in [2.45, 2.75) is 20.8 Å². The van der Waals surface area contributed by atoms with Crippen LogP contribution in [0.2, 0.25) is 0 Å². The molecule has 0 saturated heterocycles. The monoisotopic (exact) mass is 447 g/mol. The van der Waals surface area contributed by atoms with Crippen molar-refractivity contribution in [2.24, 2.45) is 5.92 Å². The van der Waals surface area contributed by atoms with Crippen LogP contribution in [0.3, 0.4) is 0 Å². The van der Waals surface area contributed by atoms with Crippen LogP contribution in [0.25, 0.3) is 10.9 Å². The maximum absolute atomic E-state index is 12.3. The summed E-state index contributed by atoms with van der Waals surface area (Å²) in [6, 6.07) is 0. The second kappa shape index (κ2) is 8.01. The van der Waals surface area contributed by atoms with E-state index in [-0.39, 0.29) is 0 Å². The third-order valence-corrected chi connectivity index (χ3v) is 5.12. The summed E-state index contributed by atoms with van der Waals surface area (Å²) in [4.78, 5) is 30.3. The number of nitrogens with zero attached hydrogens (tertiary/aromatic N) is 4. The van der Waals surface area contributed by atoms with Crippen LogP contribution in [0.5, 0.6) is 0 Å². The molecule has 23 heavy (non-hydrogen) atoms. The van der Waals surface area contributed by atoms with Gasteiger partial charge in [0.2, 0.25) is 0 Å². The number of carbonyl (C=O) groups is 2. The largest absolute Gasteiger partial charge is 0.334 e. The summed E-state index contributed by atoms with van der Waals surface area (Å²) in [6.07, 6.45) is 5.31. The molecule has 2 heterocycles. The van der Waals surface area contributed by atoms with Crippen LogP contribution >= 0.6 is 28.4 Å². The SMILES string of the molecule is CCN(CC(C)C)C(=O)C(=O)Nc1cncc2cnn(PI)c12. The molecule has 0 fully saturated rings. The zero-order valence-corrected chi connectivity index (χ0v) is 16.4. The number of anilines is 1. The van der Waals surface area contributed by atoms with Gasteiger partial charge in [0.25, 0.3) is 0 Å². The van der Waals surface area contributed by atoms with Crippen molar-refractivity contribution in [3.05, 3.63) is 18.6 Å². The molecule has 124 valence electrons. The molecule has 0 saturated carbocycles. The fourth-order valence-electron chi connectivity index (χ4n) is 2.25. The van der Waals surface area contributed by atoms with E-state index >= 15 is 0 Å². The number of halogens is 1. The van der Waals surface area contributed by atoms with Gasteiger partial charge in [-0.2, -0.15) is 5.10 Å². The number of likely N-dealkylation sites (N-methyl/N-ethyl adjacent to an activating group) is 1. The number of pyridine rings is 1. The van der Waals surface area contributed by atoms with Gasteiger partial charge in [-0.3, -0.25) is 14.6 Å². The van der Waals surface area contributed by atoms with E-state index in [1.165, 1.54) is 0 Å². The van der Waals surface area contributed by atoms with Crippen LogP contribution in [0.1, 0.15) is 20.8 Å². The van der Waals surface area contributed by atoms with Gasteiger partial charge < -0.3 is 10.2 Å². The number of hydrogen-bond donors (Lipinski definition) is 1. The summed E-state index contributed by atoms with van der Waals surface area (Å²) in [5, 5.41) is 7.76. The molecule has 2 amide bonds. The third kappa shape index (κ3) is 4.17. The Balaban J connectivity index is 2.23. The van der Waals surface area contributed by atoms with Crippen molar-refractivity contribution in [3.8, 4) is 0 Å². The first kappa shape index (κ1) is 18.1. The molecule has 9 heteroatoms. The summed E-state index contributed by atoms with van der Waals surface area (Å²) >= 11 is 2.21. The number of nitrogens with one attached hydrogen (secondary N) is 1. The highest BCUT2D eigenvalue weighted by Crippen LogP contribution is 2.31. The Bertz CT molecular complexity index is 718. The Hall–Kier alpha value is -1.28. The topological polar surface area (TPSA) is 80.1 Å². The number of rotatable bonds is 5. The van der Waals surface area contributed by atoms with Crippen LogP contribution in [-0.2, 0) is 9.59 Å². The molecule has 0 spiro atoms. The van der Waals surface area contributed by atoms with Crippen molar-refractivity contribution in [3.63, 3.8) is 0 Å². The fraction of sp³-hybridized carbons (Fsp3) is 0.429. The molecule has 0 aromatic carbocycles.